The molecule has 0 aliphatic carbocycles. The Morgan fingerprint density at radius 2 is 1.50 bits per heavy atom. The molecule has 0 aliphatic rings. The predicted octanol–water partition coefficient (Wildman–Crippen LogP) is -0.433. The van der Waals surface area contributed by atoms with Crippen LogP contribution in [0.4, 0.5) is 0 Å². The summed E-state index contributed by atoms with van der Waals surface area (Å²) in [5.74, 6) is 0. The standard InChI is InChI=1S/Ba.Ca.Cu.O.4H/q2*+2;;;4*-1. The molecule has 0 aromatic heterocycles. The molecule has 0 heterocycles. The van der Waals surface area contributed by atoms with Crippen LogP contribution in [-0.2, 0) is 19.8 Å². The molecule has 1 nitrogen and oxygen atoms in total. The molecule has 0 atom stereocenters. The van der Waals surface area contributed by atoms with Crippen LogP contribution < -0.4 is 0 Å². The van der Waals surface area contributed by atoms with Gasteiger partial charge in [-0.3, -0.25) is 0 Å². The van der Waals surface area contributed by atoms with Crippen LogP contribution in [0.2, 0.25) is 0 Å². The van der Waals surface area contributed by atoms with Gasteiger partial charge in [-0.15, -0.1) is 0 Å². The molecule has 0 saturated carbocycles. The first-order valence-electron chi connectivity index (χ1n) is 0.123. The first kappa shape index (κ1) is 15.7. The van der Waals surface area contributed by atoms with Gasteiger partial charge >= 0.3 is 106 Å². The third kappa shape index (κ3) is 8.94. The van der Waals surface area contributed by atoms with Crippen molar-refractivity contribution in [3.05, 3.63) is 0 Å². The van der Waals surface area contributed by atoms with Gasteiger partial charge in [0.1, 0.15) is 0 Å². The average Bonchev–Trinajstić information content (AvgIpc) is 1.00. The molecule has 0 rings (SSSR count). The summed E-state index contributed by atoms with van der Waals surface area (Å²) in [4.78, 5) is 0. The molecule has 0 bridgehead atoms. The van der Waals surface area contributed by atoms with Crippen molar-refractivity contribution in [1.82, 2.24) is 0 Å². The maximum atomic E-state index is 7.81. The van der Waals surface area contributed by atoms with Crippen LogP contribution in [0.5, 0.6) is 0 Å². The second kappa shape index (κ2) is 16.4. The molecule has 0 N–H and O–H groups in total. The number of hydrogen-bond donors (Lipinski definition) is 0. The minimum atomic E-state index is 0. The molecule has 0 aliphatic heterocycles. The minimum absolute atomic E-state index is 0. The Morgan fingerprint density at radius 3 is 1.50 bits per heavy atom. The third-order valence-electron chi connectivity index (χ3n) is 0. The van der Waals surface area contributed by atoms with E-state index in [-0.39, 0.29) is 92.3 Å². The Morgan fingerprint density at radius 1 is 1.50 bits per heavy atom. The van der Waals surface area contributed by atoms with Gasteiger partial charge in [0.25, 0.3) is 0 Å². The van der Waals surface area contributed by atoms with Crippen LogP contribution in [0.25, 0.3) is 0 Å². The van der Waals surface area contributed by atoms with Gasteiger partial charge in [0, 0.05) is 0 Å². The molecular weight excluding hydrogens is 257 g/mol. The van der Waals surface area contributed by atoms with Gasteiger partial charge in [-0.1, -0.05) is 0 Å². The van der Waals surface area contributed by atoms with Crippen LogP contribution in [0, 0.1) is 0 Å². The van der Waals surface area contributed by atoms with Gasteiger partial charge in [-0.05, 0) is 0 Å². The molecule has 0 aromatic carbocycles. The molecule has 0 aromatic rings. The molecule has 0 unspecified atom stereocenters. The average molecular weight is 261 g/mol. The van der Waals surface area contributed by atoms with Crippen LogP contribution in [0.15, 0.2) is 0 Å². The van der Waals surface area contributed by atoms with Crippen molar-refractivity contribution < 1.29 is 25.5 Å². The van der Waals surface area contributed by atoms with Gasteiger partial charge in [-0.2, -0.15) is 0 Å². The molecule has 0 amide bonds. The molecule has 0 spiro atoms. The molecular formula is H4BaCaCuO. The van der Waals surface area contributed by atoms with Crippen LogP contribution in [0.1, 0.15) is 5.71 Å². The summed E-state index contributed by atoms with van der Waals surface area (Å²) >= 11 is 2.94. The van der Waals surface area contributed by atoms with Gasteiger partial charge in [-0.25, -0.2) is 0 Å². The van der Waals surface area contributed by atoms with Gasteiger partial charge in [0.15, 0.2) is 0 Å². The van der Waals surface area contributed by atoms with E-state index in [0.717, 1.165) is 0 Å². The molecule has 25 valence electrons. The van der Waals surface area contributed by atoms with Crippen molar-refractivity contribution in [2.45, 2.75) is 0 Å². The summed E-state index contributed by atoms with van der Waals surface area (Å²) in [6, 6.07) is 0. The summed E-state index contributed by atoms with van der Waals surface area (Å²) in [7, 11) is 0. The van der Waals surface area contributed by atoms with E-state index in [1.54, 1.807) is 0 Å². The van der Waals surface area contributed by atoms with E-state index < -0.39 is 0 Å². The summed E-state index contributed by atoms with van der Waals surface area (Å²) in [5.41, 5.74) is 0. The van der Waals surface area contributed by atoms with Crippen molar-refractivity contribution >= 4 is 86.6 Å². The Hall–Kier alpha value is 3.15. The zero-order valence-electron chi connectivity index (χ0n) is 6.12. The summed E-state index contributed by atoms with van der Waals surface area (Å²) < 4.78 is 7.81. The first-order valence-corrected chi connectivity index (χ1v) is 0.508. The van der Waals surface area contributed by atoms with E-state index in [1.807, 2.05) is 0 Å². The van der Waals surface area contributed by atoms with E-state index in [4.69, 9.17) is 3.83 Å². The van der Waals surface area contributed by atoms with E-state index in [0.29, 0.717) is 0 Å². The number of rotatable bonds is 0. The number of hydrogen-bond acceptors (Lipinski definition) is 1. The fourth-order valence-corrected chi connectivity index (χ4v) is 0. The van der Waals surface area contributed by atoms with Crippen molar-refractivity contribution in [3.8, 4) is 0 Å². The molecule has 0 saturated heterocycles. The topological polar surface area (TPSA) is 17.1 Å². The normalized spacial score (nSPS) is 1.50. The Bertz CT molecular complexity index is 16.0. The molecule has 4 heavy (non-hydrogen) atoms. The fourth-order valence-electron chi connectivity index (χ4n) is 0. The van der Waals surface area contributed by atoms with E-state index in [9.17, 15) is 0 Å². The second-order valence-electron chi connectivity index (χ2n) is 0. The monoisotopic (exact) mass is 261 g/mol. The van der Waals surface area contributed by atoms with Crippen molar-refractivity contribution in [2.75, 3.05) is 0 Å². The van der Waals surface area contributed by atoms with E-state index in [2.05, 4.69) is 15.9 Å². The Balaban J connectivity index is -0.000000000333. The van der Waals surface area contributed by atoms with Crippen LogP contribution >= 0.6 is 0 Å². The van der Waals surface area contributed by atoms with Crippen LogP contribution in [-0.4, -0.2) is 86.6 Å². The quantitative estimate of drug-likeness (QED) is 0.541. The first-order chi connectivity index (χ1) is 1.00. The molecule has 0 radical (unpaired) electrons. The third-order valence-corrected chi connectivity index (χ3v) is 0. The predicted molar refractivity (Wildman–Crippen MR) is 16.6 cm³/mol. The van der Waals surface area contributed by atoms with E-state index in [1.165, 1.54) is 0 Å². The van der Waals surface area contributed by atoms with Crippen molar-refractivity contribution in [1.29, 1.82) is 0 Å². The van der Waals surface area contributed by atoms with E-state index >= 15 is 0 Å². The Labute approximate surface area is 109 Å². The second-order valence-corrected chi connectivity index (χ2v) is 0. The maximum absolute atomic E-state index is 7.81. The summed E-state index contributed by atoms with van der Waals surface area (Å²) in [5, 5.41) is 0. The van der Waals surface area contributed by atoms with Gasteiger partial charge < -0.3 is 5.71 Å². The zero-order chi connectivity index (χ0) is 2.00. The van der Waals surface area contributed by atoms with Crippen molar-refractivity contribution in [3.63, 3.8) is 0 Å². The summed E-state index contributed by atoms with van der Waals surface area (Å²) in [6.07, 6.45) is 0. The van der Waals surface area contributed by atoms with Crippen LogP contribution in [0.3, 0.4) is 0 Å². The molecule has 0 fully saturated rings. The molecule has 4 heteroatoms. The zero-order valence-corrected chi connectivity index (χ0v) is 9.71. The fraction of sp³-hybridized carbons (Fsp3) is 0. The van der Waals surface area contributed by atoms with Crippen molar-refractivity contribution in [2.24, 2.45) is 0 Å². The SMILES string of the molecule is [Ba+2].[Ca+2].[H-].[H-].[H-].[H-].[O]=[Cu]. The summed E-state index contributed by atoms with van der Waals surface area (Å²) in [6.45, 7) is 0. The van der Waals surface area contributed by atoms with Gasteiger partial charge in [0.05, 0.1) is 0 Å². The Kier molecular flexibility index (Phi) is 64.5. The van der Waals surface area contributed by atoms with Gasteiger partial charge in [0.2, 0.25) is 0 Å².